The van der Waals surface area contributed by atoms with Gasteiger partial charge in [0.25, 0.3) is 5.56 Å². The van der Waals surface area contributed by atoms with Crippen LogP contribution in [-0.4, -0.2) is 15.0 Å². The molecule has 2 saturated carbocycles. The lowest BCUT2D eigenvalue weighted by Gasteiger charge is -2.13. The lowest BCUT2D eigenvalue weighted by atomic mass is 10.2. The van der Waals surface area contributed by atoms with E-state index in [4.69, 9.17) is 5.73 Å². The van der Waals surface area contributed by atoms with E-state index in [0.717, 1.165) is 25.7 Å². The summed E-state index contributed by atoms with van der Waals surface area (Å²) < 4.78 is 3.09. The first-order valence-corrected chi connectivity index (χ1v) is 7.33. The van der Waals surface area contributed by atoms with Gasteiger partial charge in [-0.25, -0.2) is 9.79 Å². The van der Waals surface area contributed by atoms with Gasteiger partial charge in [-0.05, 0) is 37.5 Å². The quantitative estimate of drug-likeness (QED) is 0.861. The van der Waals surface area contributed by atoms with Crippen molar-refractivity contribution in [1.29, 1.82) is 0 Å². The lowest BCUT2D eigenvalue weighted by Crippen LogP contribution is -2.42. The maximum Gasteiger partial charge on any atom is 0.332 e. The molecular formula is C14H18N4O2. The van der Waals surface area contributed by atoms with Crippen LogP contribution in [-0.2, 0) is 19.5 Å². The molecule has 0 radical (unpaired) electrons. The molecule has 0 atom stereocenters. The van der Waals surface area contributed by atoms with Crippen LogP contribution in [0.1, 0.15) is 31.2 Å². The van der Waals surface area contributed by atoms with Crippen molar-refractivity contribution in [3.05, 3.63) is 26.4 Å². The fourth-order valence-corrected chi connectivity index (χ4v) is 2.83. The van der Waals surface area contributed by atoms with E-state index in [9.17, 15) is 9.59 Å². The summed E-state index contributed by atoms with van der Waals surface area (Å²) in [5, 5.41) is 0. The molecule has 1 aromatic heterocycles. The third-order valence-corrected chi connectivity index (χ3v) is 4.37. The average molecular weight is 274 g/mol. The van der Waals surface area contributed by atoms with Gasteiger partial charge in [-0.1, -0.05) is 0 Å². The van der Waals surface area contributed by atoms with Crippen molar-refractivity contribution >= 4 is 11.7 Å². The van der Waals surface area contributed by atoms with Crippen LogP contribution in [0.4, 0.5) is 5.82 Å². The third kappa shape index (κ3) is 1.90. The summed E-state index contributed by atoms with van der Waals surface area (Å²) in [6.45, 7) is 1.22. The number of aromatic nitrogens is 2. The Morgan fingerprint density at radius 1 is 1.05 bits per heavy atom. The highest BCUT2D eigenvalue weighted by molar-refractivity contribution is 5.89. The third-order valence-electron chi connectivity index (χ3n) is 4.37. The number of amidine groups is 1. The molecule has 3 aliphatic rings. The fourth-order valence-electron chi connectivity index (χ4n) is 2.83. The van der Waals surface area contributed by atoms with E-state index < -0.39 is 0 Å². The number of hydrogen-bond donors (Lipinski definition) is 1. The Bertz CT molecular complexity index is 720. The molecule has 2 heterocycles. The Kier molecular flexibility index (Phi) is 2.43. The molecule has 0 amide bonds. The highest BCUT2D eigenvalue weighted by Crippen LogP contribution is 2.33. The standard InChI is InChI=1S/C14H18N4O2/c15-11-5-10-12(16-11)17(6-8-1-2-8)14(20)18(13(10)19)7-9-3-4-9/h8-9H,1-7H2,(H2,15,16). The van der Waals surface area contributed by atoms with Gasteiger partial charge in [0, 0.05) is 19.5 Å². The predicted octanol–water partition coefficient (Wildman–Crippen LogP) is 0.375. The minimum Gasteiger partial charge on any atom is -0.387 e. The summed E-state index contributed by atoms with van der Waals surface area (Å²) in [6.07, 6.45) is 4.92. The molecule has 2 N–H and O–H groups in total. The largest absolute Gasteiger partial charge is 0.387 e. The van der Waals surface area contributed by atoms with Crippen LogP contribution in [0.15, 0.2) is 14.6 Å². The van der Waals surface area contributed by atoms with Crippen LogP contribution in [0.3, 0.4) is 0 Å². The zero-order valence-corrected chi connectivity index (χ0v) is 11.3. The van der Waals surface area contributed by atoms with Crippen molar-refractivity contribution in [2.24, 2.45) is 22.6 Å². The van der Waals surface area contributed by atoms with E-state index in [2.05, 4.69) is 4.99 Å². The summed E-state index contributed by atoms with van der Waals surface area (Å²) in [7, 11) is 0. The molecule has 0 saturated heterocycles. The number of nitrogens with two attached hydrogens (primary N) is 1. The van der Waals surface area contributed by atoms with Gasteiger partial charge in [0.15, 0.2) is 0 Å². The fraction of sp³-hybridized carbons (Fsp3) is 0.643. The van der Waals surface area contributed by atoms with E-state index in [0.29, 0.717) is 48.6 Å². The predicted molar refractivity (Wildman–Crippen MR) is 75.4 cm³/mol. The number of aliphatic imine (C=N–C) groups is 1. The van der Waals surface area contributed by atoms with Crippen LogP contribution in [0.25, 0.3) is 0 Å². The van der Waals surface area contributed by atoms with Crippen molar-refractivity contribution in [3.63, 3.8) is 0 Å². The number of fused-ring (bicyclic) bond motifs is 1. The van der Waals surface area contributed by atoms with E-state index >= 15 is 0 Å². The summed E-state index contributed by atoms with van der Waals surface area (Å²) in [6, 6.07) is 0. The van der Waals surface area contributed by atoms with E-state index in [1.165, 1.54) is 4.57 Å². The highest BCUT2D eigenvalue weighted by atomic mass is 16.2. The van der Waals surface area contributed by atoms with Crippen molar-refractivity contribution in [3.8, 4) is 0 Å². The second-order valence-corrected chi connectivity index (χ2v) is 6.28. The molecule has 1 aromatic rings. The van der Waals surface area contributed by atoms with Crippen molar-refractivity contribution in [2.45, 2.75) is 45.2 Å². The van der Waals surface area contributed by atoms with E-state index in [1.54, 1.807) is 4.57 Å². The maximum atomic E-state index is 12.6. The van der Waals surface area contributed by atoms with Crippen LogP contribution in [0.2, 0.25) is 0 Å². The van der Waals surface area contributed by atoms with Crippen LogP contribution in [0.5, 0.6) is 0 Å². The van der Waals surface area contributed by atoms with Gasteiger partial charge >= 0.3 is 5.69 Å². The molecule has 0 unspecified atom stereocenters. The number of hydrogen-bond acceptors (Lipinski definition) is 4. The first-order chi connectivity index (χ1) is 9.63. The maximum absolute atomic E-state index is 12.6. The zero-order chi connectivity index (χ0) is 13.9. The topological polar surface area (TPSA) is 82.4 Å². The summed E-state index contributed by atoms with van der Waals surface area (Å²) in [5.74, 6) is 2.00. The van der Waals surface area contributed by atoms with Crippen molar-refractivity contribution in [1.82, 2.24) is 9.13 Å². The second kappa shape index (κ2) is 4.07. The van der Waals surface area contributed by atoms with E-state index in [-0.39, 0.29) is 11.2 Å². The van der Waals surface area contributed by atoms with Gasteiger partial charge in [0.2, 0.25) is 0 Å². The Balaban J connectivity index is 1.87. The monoisotopic (exact) mass is 274 g/mol. The number of rotatable bonds is 4. The summed E-state index contributed by atoms with van der Waals surface area (Å²) >= 11 is 0. The normalized spacial score (nSPS) is 20.9. The second-order valence-electron chi connectivity index (χ2n) is 6.28. The van der Waals surface area contributed by atoms with Gasteiger partial charge in [-0.2, -0.15) is 0 Å². The molecule has 20 heavy (non-hydrogen) atoms. The minimum absolute atomic E-state index is 0.187. The van der Waals surface area contributed by atoms with Gasteiger partial charge < -0.3 is 5.73 Å². The molecule has 0 spiro atoms. The molecule has 2 fully saturated rings. The average Bonchev–Trinajstić information content (AvgIpc) is 3.31. The minimum atomic E-state index is -0.203. The van der Waals surface area contributed by atoms with Crippen LogP contribution >= 0.6 is 0 Å². The molecular weight excluding hydrogens is 256 g/mol. The molecule has 0 bridgehead atoms. The highest BCUT2D eigenvalue weighted by Gasteiger charge is 2.30. The molecule has 6 heteroatoms. The van der Waals surface area contributed by atoms with Crippen LogP contribution < -0.4 is 17.0 Å². The smallest absolute Gasteiger partial charge is 0.332 e. The molecule has 106 valence electrons. The lowest BCUT2D eigenvalue weighted by molar-refractivity contribution is 0.507. The van der Waals surface area contributed by atoms with Gasteiger partial charge in [0.1, 0.15) is 11.7 Å². The molecule has 0 aromatic carbocycles. The first kappa shape index (κ1) is 11.9. The molecule has 4 rings (SSSR count). The SMILES string of the molecule is NC1=Nc2c(c(=O)n(CC3CC3)c(=O)n2CC2CC2)C1. The zero-order valence-electron chi connectivity index (χ0n) is 11.3. The first-order valence-electron chi connectivity index (χ1n) is 7.33. The molecule has 6 nitrogen and oxygen atoms in total. The molecule has 1 aliphatic heterocycles. The summed E-state index contributed by atoms with van der Waals surface area (Å²) in [4.78, 5) is 29.3. The van der Waals surface area contributed by atoms with Crippen LogP contribution in [0, 0.1) is 11.8 Å². The summed E-state index contributed by atoms with van der Waals surface area (Å²) in [5.41, 5.74) is 5.98. The van der Waals surface area contributed by atoms with Gasteiger partial charge in [-0.15, -0.1) is 0 Å². The van der Waals surface area contributed by atoms with Gasteiger partial charge in [0.05, 0.1) is 5.56 Å². The Labute approximate surface area is 115 Å². The molecule has 2 aliphatic carbocycles. The Morgan fingerprint density at radius 2 is 1.65 bits per heavy atom. The Morgan fingerprint density at radius 3 is 2.25 bits per heavy atom. The Hall–Kier alpha value is -1.85. The number of nitrogens with zero attached hydrogens (tertiary/aromatic N) is 3. The van der Waals surface area contributed by atoms with Crippen molar-refractivity contribution in [2.75, 3.05) is 0 Å². The van der Waals surface area contributed by atoms with Gasteiger partial charge in [-0.3, -0.25) is 13.9 Å². The van der Waals surface area contributed by atoms with E-state index in [1.807, 2.05) is 0 Å². The van der Waals surface area contributed by atoms with Crippen molar-refractivity contribution < 1.29 is 0 Å².